The maximum Gasteiger partial charge on any atom is 0.254 e. The predicted molar refractivity (Wildman–Crippen MR) is 87.2 cm³/mol. The molecule has 122 valence electrons. The Kier molecular flexibility index (Phi) is 7.39. The number of hydrogen-bond donors (Lipinski definition) is 1. The van der Waals surface area contributed by atoms with Gasteiger partial charge in [-0.05, 0) is 30.7 Å². The molecule has 0 fully saturated rings. The summed E-state index contributed by atoms with van der Waals surface area (Å²) in [5.41, 5.74) is 1.59. The molecule has 1 rings (SSSR count). The average molecular weight is 307 g/mol. The van der Waals surface area contributed by atoms with E-state index < -0.39 is 0 Å². The Morgan fingerprint density at radius 3 is 2.32 bits per heavy atom. The molecule has 0 aliphatic carbocycles. The number of rotatable bonds is 8. The van der Waals surface area contributed by atoms with Crippen LogP contribution in [-0.2, 0) is 9.53 Å². The van der Waals surface area contributed by atoms with Crippen molar-refractivity contribution in [3.05, 3.63) is 29.8 Å². The SMILES string of the molecule is COCCCNC(=O)CN(C)C(=O)c1ccc(N(C)C)cc1. The quantitative estimate of drug-likeness (QED) is 0.727. The Bertz CT molecular complexity index is 486. The Balaban J connectivity index is 2.48. The second kappa shape index (κ2) is 9.04. The molecule has 0 aromatic heterocycles. The number of nitrogens with zero attached hydrogens (tertiary/aromatic N) is 2. The zero-order valence-electron chi connectivity index (χ0n) is 13.8. The lowest BCUT2D eigenvalue weighted by Crippen LogP contribution is -2.38. The summed E-state index contributed by atoms with van der Waals surface area (Å²) in [6, 6.07) is 7.30. The lowest BCUT2D eigenvalue weighted by Gasteiger charge is -2.18. The van der Waals surface area contributed by atoms with Gasteiger partial charge in [-0.3, -0.25) is 9.59 Å². The van der Waals surface area contributed by atoms with E-state index >= 15 is 0 Å². The van der Waals surface area contributed by atoms with Crippen molar-refractivity contribution in [2.75, 3.05) is 52.8 Å². The van der Waals surface area contributed by atoms with Crippen molar-refractivity contribution in [1.82, 2.24) is 10.2 Å². The Labute approximate surface area is 132 Å². The van der Waals surface area contributed by atoms with Crippen molar-refractivity contribution < 1.29 is 14.3 Å². The van der Waals surface area contributed by atoms with Gasteiger partial charge in [0.25, 0.3) is 5.91 Å². The van der Waals surface area contributed by atoms with Crippen molar-refractivity contribution in [1.29, 1.82) is 0 Å². The van der Waals surface area contributed by atoms with Gasteiger partial charge in [-0.1, -0.05) is 0 Å². The van der Waals surface area contributed by atoms with Crippen molar-refractivity contribution in [2.45, 2.75) is 6.42 Å². The molecule has 6 nitrogen and oxygen atoms in total. The number of likely N-dealkylation sites (N-methyl/N-ethyl adjacent to an activating group) is 1. The molecular weight excluding hydrogens is 282 g/mol. The minimum Gasteiger partial charge on any atom is -0.385 e. The topological polar surface area (TPSA) is 61.9 Å². The zero-order chi connectivity index (χ0) is 16.5. The Hall–Kier alpha value is -2.08. The molecule has 1 N–H and O–H groups in total. The van der Waals surface area contributed by atoms with Gasteiger partial charge in [0.15, 0.2) is 0 Å². The van der Waals surface area contributed by atoms with E-state index in [1.165, 1.54) is 4.90 Å². The second-order valence-electron chi connectivity index (χ2n) is 5.30. The van der Waals surface area contributed by atoms with Crippen molar-refractivity contribution in [3.8, 4) is 0 Å². The van der Waals surface area contributed by atoms with Gasteiger partial charge in [0.05, 0.1) is 6.54 Å². The van der Waals surface area contributed by atoms with Gasteiger partial charge < -0.3 is 19.9 Å². The standard InChI is InChI=1S/C16H25N3O3/c1-18(2)14-8-6-13(7-9-14)16(21)19(3)12-15(20)17-10-5-11-22-4/h6-9H,5,10-12H2,1-4H3,(H,17,20). The highest BCUT2D eigenvalue weighted by atomic mass is 16.5. The van der Waals surface area contributed by atoms with Crippen LogP contribution < -0.4 is 10.2 Å². The number of amides is 2. The van der Waals surface area contributed by atoms with E-state index in [1.54, 1.807) is 26.3 Å². The largest absolute Gasteiger partial charge is 0.385 e. The molecule has 0 aliphatic heterocycles. The van der Waals surface area contributed by atoms with Crippen molar-refractivity contribution in [2.24, 2.45) is 0 Å². The third kappa shape index (κ3) is 5.73. The van der Waals surface area contributed by atoms with Crippen LogP contribution in [0.3, 0.4) is 0 Å². The number of anilines is 1. The Morgan fingerprint density at radius 2 is 1.77 bits per heavy atom. The highest BCUT2D eigenvalue weighted by Crippen LogP contribution is 2.13. The molecule has 6 heteroatoms. The molecule has 0 aliphatic rings. The normalized spacial score (nSPS) is 10.2. The molecule has 0 saturated heterocycles. The molecular formula is C16H25N3O3. The minimum atomic E-state index is -0.170. The summed E-state index contributed by atoms with van der Waals surface area (Å²) < 4.78 is 4.91. The number of benzene rings is 1. The van der Waals surface area contributed by atoms with E-state index in [9.17, 15) is 9.59 Å². The zero-order valence-corrected chi connectivity index (χ0v) is 13.8. The highest BCUT2D eigenvalue weighted by molar-refractivity contribution is 5.96. The third-order valence-corrected chi connectivity index (χ3v) is 3.21. The molecule has 0 unspecified atom stereocenters. The van der Waals surface area contributed by atoms with Gasteiger partial charge in [-0.2, -0.15) is 0 Å². The first kappa shape index (κ1) is 18.0. The number of carbonyl (C=O) groups is 2. The van der Waals surface area contributed by atoms with E-state index in [0.29, 0.717) is 18.7 Å². The summed E-state index contributed by atoms with van der Waals surface area (Å²) in [5, 5.41) is 2.76. The molecule has 0 saturated carbocycles. The first-order valence-electron chi connectivity index (χ1n) is 7.24. The summed E-state index contributed by atoms with van der Waals surface area (Å²) in [6.07, 6.45) is 0.756. The Morgan fingerprint density at radius 1 is 1.14 bits per heavy atom. The fraction of sp³-hybridized carbons (Fsp3) is 0.500. The summed E-state index contributed by atoms with van der Waals surface area (Å²) in [5.74, 6) is -0.339. The van der Waals surface area contributed by atoms with Crippen LogP contribution in [-0.4, -0.2) is 64.7 Å². The van der Waals surface area contributed by atoms with Gasteiger partial charge >= 0.3 is 0 Å². The van der Waals surface area contributed by atoms with Crippen LogP contribution in [0, 0.1) is 0 Å². The van der Waals surface area contributed by atoms with Crippen LogP contribution in [0.4, 0.5) is 5.69 Å². The number of carbonyl (C=O) groups excluding carboxylic acids is 2. The third-order valence-electron chi connectivity index (χ3n) is 3.21. The molecule has 2 amide bonds. The van der Waals surface area contributed by atoms with Crippen LogP contribution in [0.25, 0.3) is 0 Å². The lowest BCUT2D eigenvalue weighted by atomic mass is 10.2. The van der Waals surface area contributed by atoms with Crippen LogP contribution in [0.2, 0.25) is 0 Å². The summed E-state index contributed by atoms with van der Waals surface area (Å²) >= 11 is 0. The predicted octanol–water partition coefficient (Wildman–Crippen LogP) is 0.977. The van der Waals surface area contributed by atoms with Gasteiger partial charge in [0, 0.05) is 52.7 Å². The van der Waals surface area contributed by atoms with Crippen LogP contribution in [0.15, 0.2) is 24.3 Å². The van der Waals surface area contributed by atoms with Gasteiger partial charge in [0.2, 0.25) is 5.91 Å². The van der Waals surface area contributed by atoms with E-state index in [2.05, 4.69) is 5.32 Å². The highest BCUT2D eigenvalue weighted by Gasteiger charge is 2.14. The molecule has 1 aromatic carbocycles. The summed E-state index contributed by atoms with van der Waals surface area (Å²) in [7, 11) is 7.13. The van der Waals surface area contributed by atoms with Gasteiger partial charge in [-0.15, -0.1) is 0 Å². The van der Waals surface area contributed by atoms with E-state index in [-0.39, 0.29) is 18.4 Å². The minimum absolute atomic E-state index is 0.0429. The number of ether oxygens (including phenoxy) is 1. The fourth-order valence-corrected chi connectivity index (χ4v) is 1.91. The van der Waals surface area contributed by atoms with Crippen LogP contribution in [0.1, 0.15) is 16.8 Å². The van der Waals surface area contributed by atoms with Crippen LogP contribution >= 0.6 is 0 Å². The number of hydrogen-bond acceptors (Lipinski definition) is 4. The fourth-order valence-electron chi connectivity index (χ4n) is 1.91. The second-order valence-corrected chi connectivity index (χ2v) is 5.30. The monoisotopic (exact) mass is 307 g/mol. The van der Waals surface area contributed by atoms with Crippen LogP contribution in [0.5, 0.6) is 0 Å². The van der Waals surface area contributed by atoms with Gasteiger partial charge in [-0.25, -0.2) is 0 Å². The maximum atomic E-state index is 12.2. The summed E-state index contributed by atoms with van der Waals surface area (Å²) in [4.78, 5) is 27.4. The first-order valence-corrected chi connectivity index (χ1v) is 7.24. The molecule has 22 heavy (non-hydrogen) atoms. The number of nitrogens with one attached hydrogen (secondary N) is 1. The average Bonchev–Trinajstić information content (AvgIpc) is 2.50. The molecule has 0 heterocycles. The van der Waals surface area contributed by atoms with E-state index in [4.69, 9.17) is 4.74 Å². The van der Waals surface area contributed by atoms with Gasteiger partial charge in [0.1, 0.15) is 0 Å². The molecule has 0 radical (unpaired) electrons. The molecule has 0 bridgehead atoms. The molecule has 0 spiro atoms. The molecule has 0 atom stereocenters. The summed E-state index contributed by atoms with van der Waals surface area (Å²) in [6.45, 7) is 1.20. The smallest absolute Gasteiger partial charge is 0.254 e. The van der Waals surface area contributed by atoms with E-state index in [1.807, 2.05) is 31.1 Å². The number of methoxy groups -OCH3 is 1. The lowest BCUT2D eigenvalue weighted by molar-refractivity contribution is -0.121. The maximum absolute atomic E-state index is 12.2. The molecule has 1 aromatic rings. The van der Waals surface area contributed by atoms with Crippen molar-refractivity contribution in [3.63, 3.8) is 0 Å². The first-order chi connectivity index (χ1) is 10.5. The van der Waals surface area contributed by atoms with Crippen molar-refractivity contribution >= 4 is 17.5 Å². The van der Waals surface area contributed by atoms with E-state index in [0.717, 1.165) is 12.1 Å².